The second kappa shape index (κ2) is 4.75. The molecule has 92 valence electrons. The quantitative estimate of drug-likeness (QED) is 0.799. The van der Waals surface area contributed by atoms with E-state index in [-0.39, 0.29) is 11.9 Å². The number of primary amides is 1. The molecule has 1 saturated heterocycles. The molecular weight excluding hydrogens is 214 g/mol. The number of nitrogens with zero attached hydrogens (tertiary/aromatic N) is 1. The first-order valence-corrected chi connectivity index (χ1v) is 5.99. The lowest BCUT2D eigenvalue weighted by Crippen LogP contribution is -2.48. The second-order valence-electron chi connectivity index (χ2n) is 4.76. The number of amides is 1. The van der Waals surface area contributed by atoms with Crippen molar-refractivity contribution in [3.63, 3.8) is 0 Å². The summed E-state index contributed by atoms with van der Waals surface area (Å²) in [4.78, 5) is 13.5. The van der Waals surface area contributed by atoms with Crippen LogP contribution in [0, 0.1) is 5.92 Å². The molecule has 4 heteroatoms. The van der Waals surface area contributed by atoms with Crippen LogP contribution < -0.4 is 16.4 Å². The Balaban J connectivity index is 2.25. The molecule has 2 rings (SSSR count). The van der Waals surface area contributed by atoms with Crippen LogP contribution in [0.1, 0.15) is 23.7 Å². The Kier molecular flexibility index (Phi) is 3.33. The fourth-order valence-corrected chi connectivity index (χ4v) is 2.28. The highest BCUT2D eigenvalue weighted by molar-refractivity contribution is 5.98. The van der Waals surface area contributed by atoms with E-state index in [0.717, 1.165) is 25.2 Å². The number of nitrogens with two attached hydrogens (primary N) is 2. The number of rotatable bonds is 2. The summed E-state index contributed by atoms with van der Waals surface area (Å²) in [5, 5.41) is 0. The molecule has 1 aliphatic heterocycles. The van der Waals surface area contributed by atoms with Crippen molar-refractivity contribution < 1.29 is 4.79 Å². The lowest BCUT2D eigenvalue weighted by molar-refractivity contribution is 0.100. The maximum atomic E-state index is 11.4. The molecule has 0 radical (unpaired) electrons. The smallest absolute Gasteiger partial charge is 0.250 e. The molecule has 4 N–H and O–H groups in total. The predicted octanol–water partition coefficient (Wildman–Crippen LogP) is 0.959. The Hall–Kier alpha value is -1.55. The molecule has 4 nitrogen and oxygen atoms in total. The van der Waals surface area contributed by atoms with E-state index in [1.165, 1.54) is 0 Å². The predicted molar refractivity (Wildman–Crippen MR) is 68.9 cm³/mol. The van der Waals surface area contributed by atoms with Gasteiger partial charge >= 0.3 is 0 Å². The first-order chi connectivity index (χ1) is 8.09. The van der Waals surface area contributed by atoms with Gasteiger partial charge in [-0.25, -0.2) is 0 Å². The number of piperidine rings is 1. The fraction of sp³-hybridized carbons (Fsp3) is 0.462. The van der Waals surface area contributed by atoms with E-state index >= 15 is 0 Å². The Morgan fingerprint density at radius 3 is 2.76 bits per heavy atom. The van der Waals surface area contributed by atoms with Gasteiger partial charge in [-0.1, -0.05) is 19.1 Å². The van der Waals surface area contributed by atoms with Crippen LogP contribution in [0.15, 0.2) is 24.3 Å². The maximum Gasteiger partial charge on any atom is 0.250 e. The zero-order valence-corrected chi connectivity index (χ0v) is 10.1. The SMILES string of the molecule is CC1CCN(c2ccccc2C(N)=O)CC1N. The van der Waals surface area contributed by atoms with Crippen LogP contribution in [0.5, 0.6) is 0 Å². The molecule has 1 heterocycles. The molecule has 0 bridgehead atoms. The van der Waals surface area contributed by atoms with Gasteiger partial charge in [0.1, 0.15) is 0 Å². The normalized spacial score (nSPS) is 24.7. The van der Waals surface area contributed by atoms with Crippen LogP contribution in [0.3, 0.4) is 0 Å². The first kappa shape index (κ1) is 11.9. The minimum absolute atomic E-state index is 0.157. The van der Waals surface area contributed by atoms with Crippen LogP contribution in [-0.4, -0.2) is 25.0 Å². The van der Waals surface area contributed by atoms with Gasteiger partial charge < -0.3 is 16.4 Å². The van der Waals surface area contributed by atoms with Gasteiger partial charge in [0.2, 0.25) is 0 Å². The second-order valence-corrected chi connectivity index (χ2v) is 4.76. The topological polar surface area (TPSA) is 72.3 Å². The summed E-state index contributed by atoms with van der Waals surface area (Å²) in [5.74, 6) is 0.153. The molecule has 0 aromatic heterocycles. The summed E-state index contributed by atoms with van der Waals surface area (Å²) in [7, 11) is 0. The minimum Gasteiger partial charge on any atom is -0.369 e. The highest BCUT2D eigenvalue weighted by Gasteiger charge is 2.25. The van der Waals surface area contributed by atoms with Crippen molar-refractivity contribution in [2.45, 2.75) is 19.4 Å². The summed E-state index contributed by atoms with van der Waals surface area (Å²) in [5.41, 5.74) is 12.9. The maximum absolute atomic E-state index is 11.4. The van der Waals surface area contributed by atoms with Crippen LogP contribution in [0.2, 0.25) is 0 Å². The molecule has 2 atom stereocenters. The van der Waals surface area contributed by atoms with Crippen molar-refractivity contribution in [2.24, 2.45) is 17.4 Å². The van der Waals surface area contributed by atoms with Gasteiger partial charge in [-0.05, 0) is 24.5 Å². The third-order valence-electron chi connectivity index (χ3n) is 3.53. The number of hydrogen-bond donors (Lipinski definition) is 2. The standard InChI is InChI=1S/C13H19N3O/c1-9-6-7-16(8-11(9)14)12-5-3-2-4-10(12)13(15)17/h2-5,9,11H,6-8,14H2,1H3,(H2,15,17). The summed E-state index contributed by atoms with van der Waals surface area (Å²) in [6.45, 7) is 3.88. The van der Waals surface area contributed by atoms with Crippen LogP contribution in [0.4, 0.5) is 5.69 Å². The van der Waals surface area contributed by atoms with E-state index in [0.29, 0.717) is 11.5 Å². The molecule has 0 saturated carbocycles. The third-order valence-corrected chi connectivity index (χ3v) is 3.53. The monoisotopic (exact) mass is 233 g/mol. The minimum atomic E-state index is -0.382. The van der Waals surface area contributed by atoms with Crippen molar-refractivity contribution in [3.05, 3.63) is 29.8 Å². The van der Waals surface area contributed by atoms with Gasteiger partial charge in [-0.3, -0.25) is 4.79 Å². The average Bonchev–Trinajstić information content (AvgIpc) is 2.32. The van der Waals surface area contributed by atoms with Gasteiger partial charge in [-0.2, -0.15) is 0 Å². The molecule has 1 amide bonds. The lowest BCUT2D eigenvalue weighted by Gasteiger charge is -2.37. The molecule has 0 aliphatic carbocycles. The average molecular weight is 233 g/mol. The molecule has 0 spiro atoms. The summed E-state index contributed by atoms with van der Waals surface area (Å²) in [6, 6.07) is 7.61. The molecular formula is C13H19N3O. The van der Waals surface area contributed by atoms with Crippen molar-refractivity contribution in [1.82, 2.24) is 0 Å². The van der Waals surface area contributed by atoms with Gasteiger partial charge in [-0.15, -0.1) is 0 Å². The van der Waals surface area contributed by atoms with E-state index in [9.17, 15) is 4.79 Å². The highest BCUT2D eigenvalue weighted by atomic mass is 16.1. The number of hydrogen-bond acceptors (Lipinski definition) is 3. The van der Waals surface area contributed by atoms with E-state index < -0.39 is 0 Å². The third kappa shape index (κ3) is 2.42. The van der Waals surface area contributed by atoms with Crippen molar-refractivity contribution in [3.8, 4) is 0 Å². The fourth-order valence-electron chi connectivity index (χ4n) is 2.28. The number of anilines is 1. The zero-order valence-electron chi connectivity index (χ0n) is 10.1. The number of carbonyl (C=O) groups is 1. The van der Waals surface area contributed by atoms with Gasteiger partial charge in [0.15, 0.2) is 0 Å². The van der Waals surface area contributed by atoms with Gasteiger partial charge in [0.05, 0.1) is 5.56 Å². The Morgan fingerprint density at radius 1 is 1.41 bits per heavy atom. The Labute approximate surface area is 102 Å². The molecule has 2 unspecified atom stereocenters. The molecule has 1 aliphatic rings. The van der Waals surface area contributed by atoms with Crippen LogP contribution in [-0.2, 0) is 0 Å². The number of carbonyl (C=O) groups excluding carboxylic acids is 1. The summed E-state index contributed by atoms with van der Waals surface area (Å²) in [6.07, 6.45) is 1.05. The molecule has 1 aromatic rings. The molecule has 1 aromatic carbocycles. The van der Waals surface area contributed by atoms with E-state index in [4.69, 9.17) is 11.5 Å². The largest absolute Gasteiger partial charge is 0.369 e. The van der Waals surface area contributed by atoms with Gasteiger partial charge in [0, 0.05) is 24.8 Å². The van der Waals surface area contributed by atoms with Gasteiger partial charge in [0.25, 0.3) is 5.91 Å². The van der Waals surface area contributed by atoms with Crippen molar-refractivity contribution >= 4 is 11.6 Å². The summed E-state index contributed by atoms with van der Waals surface area (Å²) < 4.78 is 0. The van der Waals surface area contributed by atoms with Crippen LogP contribution >= 0.6 is 0 Å². The Bertz CT molecular complexity index is 419. The number of benzene rings is 1. The van der Waals surface area contributed by atoms with E-state index in [1.807, 2.05) is 18.2 Å². The van der Waals surface area contributed by atoms with Crippen molar-refractivity contribution in [2.75, 3.05) is 18.0 Å². The lowest BCUT2D eigenvalue weighted by atomic mass is 9.93. The highest BCUT2D eigenvalue weighted by Crippen LogP contribution is 2.25. The molecule has 17 heavy (non-hydrogen) atoms. The van der Waals surface area contributed by atoms with Crippen LogP contribution in [0.25, 0.3) is 0 Å². The molecule has 1 fully saturated rings. The van der Waals surface area contributed by atoms with Crippen molar-refractivity contribution in [1.29, 1.82) is 0 Å². The Morgan fingerprint density at radius 2 is 2.12 bits per heavy atom. The number of para-hydroxylation sites is 1. The zero-order chi connectivity index (χ0) is 12.4. The first-order valence-electron chi connectivity index (χ1n) is 5.99. The van der Waals surface area contributed by atoms with E-state index in [1.54, 1.807) is 6.07 Å². The summed E-state index contributed by atoms with van der Waals surface area (Å²) >= 11 is 0. The van der Waals surface area contributed by atoms with E-state index in [2.05, 4.69) is 11.8 Å².